The van der Waals surface area contributed by atoms with Gasteiger partial charge in [-0.1, -0.05) is 145 Å². The maximum absolute atomic E-state index is 2.62. The van der Waals surface area contributed by atoms with E-state index in [-0.39, 0.29) is 10.8 Å². The Morgan fingerprint density at radius 2 is 0.567 bits per heavy atom. The third-order valence-electron chi connectivity index (χ3n) is 13.5. The number of fused-ring (bicyclic) bond motifs is 8. The van der Waals surface area contributed by atoms with E-state index in [1.807, 2.05) is 0 Å². The minimum atomic E-state index is -0.0385. The highest BCUT2D eigenvalue weighted by Gasteiger charge is 2.27. The topological polar surface area (TPSA) is 9.86 Å². The van der Waals surface area contributed by atoms with E-state index in [1.54, 1.807) is 0 Å². The molecule has 0 fully saturated rings. The second-order valence-corrected chi connectivity index (χ2v) is 21.1. The van der Waals surface area contributed by atoms with Crippen LogP contribution in [0.5, 0.6) is 0 Å². The van der Waals surface area contributed by atoms with Crippen LogP contribution >= 0.6 is 0 Å². The molecule has 0 aliphatic carbocycles. The molecule has 2 nitrogen and oxygen atoms in total. The molecule has 2 heterocycles. The minimum absolute atomic E-state index is 0.0385. The molecule has 60 heavy (non-hydrogen) atoms. The van der Waals surface area contributed by atoms with Crippen LogP contribution < -0.4 is 0 Å². The summed E-state index contributed by atoms with van der Waals surface area (Å²) in [6, 6.07) is 43.6. The van der Waals surface area contributed by atoms with Crippen molar-refractivity contribution in [3.63, 3.8) is 0 Å². The van der Waals surface area contributed by atoms with Crippen molar-refractivity contribution in [3.8, 4) is 11.4 Å². The number of aromatic nitrogens is 2. The number of nitrogens with zero attached hydrogens (tertiary/aromatic N) is 2. The van der Waals surface area contributed by atoms with Crippen molar-refractivity contribution in [2.45, 2.75) is 131 Å². The number of hydrogen-bond donors (Lipinski definition) is 0. The first-order chi connectivity index (χ1) is 28.3. The van der Waals surface area contributed by atoms with Crippen molar-refractivity contribution in [3.05, 3.63) is 143 Å². The average molecular weight is 789 g/mol. The van der Waals surface area contributed by atoms with Gasteiger partial charge in [0, 0.05) is 43.1 Å². The highest BCUT2D eigenvalue weighted by molar-refractivity contribution is 6.21. The number of rotatable bonds is 6. The maximum atomic E-state index is 2.62. The highest BCUT2D eigenvalue weighted by atomic mass is 15.0. The fourth-order valence-electron chi connectivity index (χ4n) is 9.63. The first-order valence-electron chi connectivity index (χ1n) is 22.5. The van der Waals surface area contributed by atoms with Gasteiger partial charge in [-0.2, -0.15) is 0 Å². The Morgan fingerprint density at radius 3 is 0.800 bits per heavy atom. The first kappa shape index (κ1) is 40.1. The molecule has 0 radical (unpaired) electrons. The highest BCUT2D eigenvalue weighted by Crippen LogP contribution is 2.47. The Morgan fingerprint density at radius 1 is 0.300 bits per heavy atom. The van der Waals surface area contributed by atoms with Gasteiger partial charge in [-0.05, 0) is 129 Å². The molecule has 2 heteroatoms. The Kier molecular flexibility index (Phi) is 9.43. The van der Waals surface area contributed by atoms with Crippen molar-refractivity contribution in [1.82, 2.24) is 9.13 Å². The Balaban J connectivity index is 1.54. The number of hydrogen-bond acceptors (Lipinski definition) is 0. The molecule has 0 saturated heterocycles. The second-order valence-electron chi connectivity index (χ2n) is 21.1. The summed E-state index contributed by atoms with van der Waals surface area (Å²) in [7, 11) is 0. The molecule has 0 atom stereocenters. The average Bonchev–Trinajstić information content (AvgIpc) is 3.69. The zero-order valence-corrected chi connectivity index (χ0v) is 38.6. The lowest BCUT2D eigenvalue weighted by Gasteiger charge is -2.26. The van der Waals surface area contributed by atoms with Gasteiger partial charge < -0.3 is 9.13 Å². The largest absolute Gasteiger partial charge is 0.308 e. The summed E-state index contributed by atoms with van der Waals surface area (Å²) in [4.78, 5) is 0. The smallest absolute Gasteiger partial charge is 0.0620 e. The molecule has 0 bridgehead atoms. The molecule has 0 spiro atoms. The van der Waals surface area contributed by atoms with Crippen LogP contribution in [-0.2, 0) is 10.8 Å². The van der Waals surface area contributed by atoms with E-state index in [2.05, 4.69) is 215 Å². The Bertz CT molecular complexity index is 2810. The molecule has 0 saturated carbocycles. The summed E-state index contributed by atoms with van der Waals surface area (Å²) < 4.78 is 5.23. The van der Waals surface area contributed by atoms with Gasteiger partial charge in [-0.15, -0.1) is 0 Å². The fraction of sp³-hybridized carbons (Fsp3) is 0.345. The van der Waals surface area contributed by atoms with Crippen LogP contribution in [0.2, 0.25) is 0 Å². The van der Waals surface area contributed by atoms with Crippen LogP contribution in [0.25, 0.3) is 76.5 Å². The number of benzene rings is 7. The molecule has 0 aliphatic heterocycles. The van der Waals surface area contributed by atoms with Crippen molar-refractivity contribution in [2.24, 2.45) is 0 Å². The van der Waals surface area contributed by atoms with Gasteiger partial charge in [0.2, 0.25) is 0 Å². The van der Waals surface area contributed by atoms with Crippen LogP contribution in [-0.4, -0.2) is 9.13 Å². The van der Waals surface area contributed by atoms with Crippen molar-refractivity contribution >= 4 is 65.2 Å². The van der Waals surface area contributed by atoms with E-state index in [9.17, 15) is 0 Å². The van der Waals surface area contributed by atoms with Gasteiger partial charge in [0.1, 0.15) is 0 Å². The van der Waals surface area contributed by atoms with Crippen molar-refractivity contribution in [1.29, 1.82) is 0 Å². The zero-order chi connectivity index (χ0) is 42.7. The standard InChI is InChI=1S/C58H64N2/c1-33(2)37-15-23-51-45(27-37)46-28-38(34(3)4)16-24-52(46)59(51)55-43-21-19-42(58(12,13)14)32-50(43)56(44-22-20-41(31-49(44)55)57(9,10)11)60-53-25-17-39(35(5)6)29-47(53)48-30-40(36(7)8)18-26-54(48)60/h15-36H,1-14H3. The summed E-state index contributed by atoms with van der Waals surface area (Å²) in [5.74, 6) is 1.75. The van der Waals surface area contributed by atoms with Gasteiger partial charge in [-0.3, -0.25) is 0 Å². The molecular formula is C58H64N2. The lowest BCUT2D eigenvalue weighted by molar-refractivity contribution is 0.590. The van der Waals surface area contributed by atoms with Crippen LogP contribution in [0.3, 0.4) is 0 Å². The lowest BCUT2D eigenvalue weighted by Crippen LogP contribution is -2.13. The summed E-state index contributed by atoms with van der Waals surface area (Å²) >= 11 is 0. The van der Waals surface area contributed by atoms with Crippen LogP contribution in [0.15, 0.2) is 109 Å². The van der Waals surface area contributed by atoms with Gasteiger partial charge in [0.15, 0.2) is 0 Å². The van der Waals surface area contributed by atoms with Crippen LogP contribution in [0.4, 0.5) is 0 Å². The van der Waals surface area contributed by atoms with E-state index < -0.39 is 0 Å². The summed E-state index contributed by atoms with van der Waals surface area (Å²) in [5.41, 5.74) is 15.6. The molecule has 9 aromatic rings. The predicted molar refractivity (Wildman–Crippen MR) is 264 cm³/mol. The van der Waals surface area contributed by atoms with E-state index in [1.165, 1.54) is 110 Å². The van der Waals surface area contributed by atoms with E-state index >= 15 is 0 Å². The zero-order valence-electron chi connectivity index (χ0n) is 38.6. The molecule has 0 amide bonds. The second kappa shape index (κ2) is 14.1. The molecular weight excluding hydrogens is 725 g/mol. The lowest BCUT2D eigenvalue weighted by atomic mass is 9.83. The third-order valence-corrected chi connectivity index (χ3v) is 13.5. The molecule has 0 unspecified atom stereocenters. The first-order valence-corrected chi connectivity index (χ1v) is 22.5. The van der Waals surface area contributed by atoms with Gasteiger partial charge >= 0.3 is 0 Å². The molecule has 7 aromatic carbocycles. The van der Waals surface area contributed by atoms with Gasteiger partial charge in [-0.25, -0.2) is 0 Å². The summed E-state index contributed by atoms with van der Waals surface area (Å²) in [6.07, 6.45) is 0. The Hall–Kier alpha value is -5.34. The summed E-state index contributed by atoms with van der Waals surface area (Å²) in [6.45, 7) is 32.5. The van der Waals surface area contributed by atoms with E-state index in [0.717, 1.165) is 0 Å². The summed E-state index contributed by atoms with van der Waals surface area (Å²) in [5, 5.41) is 10.4. The van der Waals surface area contributed by atoms with E-state index in [4.69, 9.17) is 0 Å². The van der Waals surface area contributed by atoms with Crippen LogP contribution in [0, 0.1) is 0 Å². The quantitative estimate of drug-likeness (QED) is 0.149. The van der Waals surface area contributed by atoms with Crippen molar-refractivity contribution in [2.75, 3.05) is 0 Å². The Labute approximate surface area is 358 Å². The fourth-order valence-corrected chi connectivity index (χ4v) is 9.63. The molecule has 0 N–H and O–H groups in total. The predicted octanol–water partition coefficient (Wildman–Crippen LogP) is 17.3. The molecule has 2 aromatic heterocycles. The van der Waals surface area contributed by atoms with Crippen LogP contribution in [0.1, 0.15) is 154 Å². The monoisotopic (exact) mass is 789 g/mol. The molecule has 0 aliphatic rings. The van der Waals surface area contributed by atoms with E-state index in [0.29, 0.717) is 23.7 Å². The van der Waals surface area contributed by atoms with Gasteiger partial charge in [0.05, 0.1) is 33.4 Å². The normalized spacial score (nSPS) is 13.1. The van der Waals surface area contributed by atoms with Crippen molar-refractivity contribution < 1.29 is 0 Å². The minimum Gasteiger partial charge on any atom is -0.308 e. The van der Waals surface area contributed by atoms with Gasteiger partial charge in [0.25, 0.3) is 0 Å². The maximum Gasteiger partial charge on any atom is 0.0620 e. The SMILES string of the molecule is CC(C)c1ccc2c(c1)c1cc(C(C)C)ccc1n2-c1c2ccc(C(C)(C)C)cc2c(-n2c3ccc(C(C)C)cc3c3cc(C(C)C)ccc32)c2ccc(C(C)(C)C)cc12. The third kappa shape index (κ3) is 6.36. The molecule has 306 valence electrons. The molecule has 9 rings (SSSR count).